The first-order valence-electron chi connectivity index (χ1n) is 16.8. The summed E-state index contributed by atoms with van der Waals surface area (Å²) in [6.45, 7) is 0. The Kier molecular flexibility index (Phi) is 6.47. The van der Waals surface area contributed by atoms with Gasteiger partial charge in [0.05, 0.1) is 0 Å². The van der Waals surface area contributed by atoms with Crippen LogP contribution in [0.3, 0.4) is 0 Å². The molecule has 0 aliphatic heterocycles. The van der Waals surface area contributed by atoms with Crippen LogP contribution in [-0.4, -0.2) is 0 Å². The van der Waals surface area contributed by atoms with Crippen molar-refractivity contribution in [1.82, 2.24) is 0 Å². The summed E-state index contributed by atoms with van der Waals surface area (Å²) in [6, 6.07) is 66.9. The number of thiophene rings is 1. The maximum absolute atomic E-state index is 2.36. The Hall–Kier alpha value is -6.02. The molecule has 49 heavy (non-hydrogen) atoms. The summed E-state index contributed by atoms with van der Waals surface area (Å²) in [4.78, 5) is 1.31. The smallest absolute Gasteiger partial charge is 0.0427 e. The van der Waals surface area contributed by atoms with Gasteiger partial charge in [0.1, 0.15) is 0 Å². The third-order valence-electron chi connectivity index (χ3n) is 10.1. The molecule has 0 saturated carbocycles. The average molecular weight is 639 g/mol. The molecule has 10 aromatic rings. The van der Waals surface area contributed by atoms with Gasteiger partial charge in [-0.05, 0) is 99.6 Å². The molecule has 0 bridgehead atoms. The molecule has 10 rings (SSSR count). The lowest BCUT2D eigenvalue weighted by atomic mass is 9.91. The number of hydrogen-bond donors (Lipinski definition) is 0. The fourth-order valence-corrected chi connectivity index (χ4v) is 8.74. The van der Waals surface area contributed by atoms with Gasteiger partial charge in [0, 0.05) is 9.58 Å². The van der Waals surface area contributed by atoms with Crippen molar-refractivity contribution in [3.8, 4) is 43.8 Å². The summed E-state index contributed by atoms with van der Waals surface area (Å²) in [5.74, 6) is 0. The second-order valence-electron chi connectivity index (χ2n) is 12.9. The molecular weight excluding hydrogens is 609 g/mol. The summed E-state index contributed by atoms with van der Waals surface area (Å²) in [7, 11) is 0. The maximum atomic E-state index is 2.36. The highest BCUT2D eigenvalue weighted by Crippen LogP contribution is 2.39. The highest BCUT2D eigenvalue weighted by molar-refractivity contribution is 7.23. The van der Waals surface area contributed by atoms with Crippen LogP contribution < -0.4 is 0 Å². The maximum Gasteiger partial charge on any atom is 0.0427 e. The van der Waals surface area contributed by atoms with E-state index in [0.29, 0.717) is 0 Å². The first kappa shape index (κ1) is 28.0. The lowest BCUT2D eigenvalue weighted by Crippen LogP contribution is -1.85. The van der Waals surface area contributed by atoms with Crippen LogP contribution in [0.1, 0.15) is 0 Å². The summed E-state index contributed by atoms with van der Waals surface area (Å²) < 4.78 is 1.36. The Morgan fingerprint density at radius 1 is 0.245 bits per heavy atom. The Morgan fingerprint density at radius 2 is 0.633 bits per heavy atom. The van der Waals surface area contributed by atoms with Crippen molar-refractivity contribution in [1.29, 1.82) is 0 Å². The summed E-state index contributed by atoms with van der Waals surface area (Å²) in [6.07, 6.45) is 0. The second-order valence-corrected chi connectivity index (χ2v) is 14.0. The van der Waals surface area contributed by atoms with Gasteiger partial charge >= 0.3 is 0 Å². The van der Waals surface area contributed by atoms with Gasteiger partial charge in [-0.25, -0.2) is 0 Å². The van der Waals surface area contributed by atoms with E-state index in [2.05, 4.69) is 182 Å². The van der Waals surface area contributed by atoms with Gasteiger partial charge in [0.15, 0.2) is 0 Å². The van der Waals surface area contributed by atoms with Crippen LogP contribution in [0, 0.1) is 0 Å². The predicted molar refractivity (Wildman–Crippen MR) is 214 cm³/mol. The minimum Gasteiger partial charge on any atom is -0.135 e. The van der Waals surface area contributed by atoms with Crippen LogP contribution in [0.15, 0.2) is 182 Å². The number of fused-ring (bicyclic) bond motifs is 9. The second kappa shape index (κ2) is 11.3. The Bertz CT molecular complexity index is 2800. The molecule has 0 radical (unpaired) electrons. The van der Waals surface area contributed by atoms with Crippen LogP contribution in [0.25, 0.3) is 97.0 Å². The van der Waals surface area contributed by atoms with Gasteiger partial charge in [-0.2, -0.15) is 0 Å². The molecule has 0 nitrogen and oxygen atoms in total. The first-order chi connectivity index (χ1) is 24.3. The number of hydrogen-bond acceptors (Lipinski definition) is 1. The van der Waals surface area contributed by atoms with Crippen LogP contribution in [0.5, 0.6) is 0 Å². The van der Waals surface area contributed by atoms with E-state index < -0.39 is 0 Å². The number of rotatable bonds is 4. The van der Waals surface area contributed by atoms with Crippen molar-refractivity contribution in [2.45, 2.75) is 0 Å². The zero-order chi connectivity index (χ0) is 32.3. The molecule has 0 N–H and O–H groups in total. The van der Waals surface area contributed by atoms with E-state index in [-0.39, 0.29) is 0 Å². The molecular formula is C48H30S. The summed E-state index contributed by atoms with van der Waals surface area (Å²) in [5, 5.41) is 11.8. The molecule has 0 fully saturated rings. The monoisotopic (exact) mass is 638 g/mol. The van der Waals surface area contributed by atoms with Crippen molar-refractivity contribution < 1.29 is 0 Å². The van der Waals surface area contributed by atoms with Crippen molar-refractivity contribution >= 4 is 64.5 Å². The van der Waals surface area contributed by atoms with E-state index in [1.54, 1.807) is 0 Å². The molecule has 0 aliphatic carbocycles. The summed E-state index contributed by atoms with van der Waals surface area (Å²) in [5.41, 5.74) is 8.63. The molecule has 0 saturated heterocycles. The lowest BCUT2D eigenvalue weighted by molar-refractivity contribution is 1.58. The Balaban J connectivity index is 0.915. The molecule has 1 heteroatoms. The van der Waals surface area contributed by atoms with Gasteiger partial charge in [-0.1, -0.05) is 170 Å². The average Bonchev–Trinajstić information content (AvgIpc) is 3.63. The highest BCUT2D eigenvalue weighted by atomic mass is 32.1. The van der Waals surface area contributed by atoms with Crippen molar-refractivity contribution in [2.75, 3.05) is 0 Å². The van der Waals surface area contributed by atoms with E-state index >= 15 is 0 Å². The van der Waals surface area contributed by atoms with E-state index in [1.165, 1.54) is 97.0 Å². The molecule has 9 aromatic carbocycles. The fourth-order valence-electron chi connectivity index (χ4n) is 7.53. The fraction of sp³-hybridized carbons (Fsp3) is 0. The van der Waals surface area contributed by atoms with Crippen LogP contribution in [0.4, 0.5) is 0 Å². The summed E-state index contributed by atoms with van der Waals surface area (Å²) >= 11 is 1.88. The van der Waals surface area contributed by atoms with Crippen molar-refractivity contribution in [3.63, 3.8) is 0 Å². The molecule has 228 valence electrons. The standard InChI is InChI=1S/C48H30S/c1-2-8-40-36(7-1)23-26-39-30-47(49-48(39)40)37-24-21-34(22-25-37)32-15-13-31(14-16-32)33-17-19-35(20-18-33)38-27-28-45-43-11-4-3-9-41(43)42-10-5-6-12-44(42)46(45)29-38/h1-30H. The van der Waals surface area contributed by atoms with Gasteiger partial charge in [0.25, 0.3) is 0 Å². The van der Waals surface area contributed by atoms with Crippen LogP contribution in [0.2, 0.25) is 0 Å². The molecule has 0 atom stereocenters. The molecule has 1 heterocycles. The normalized spacial score (nSPS) is 11.7. The Morgan fingerprint density at radius 3 is 1.18 bits per heavy atom. The Labute approximate surface area is 289 Å². The first-order valence-corrected chi connectivity index (χ1v) is 17.6. The molecule has 0 spiro atoms. The lowest BCUT2D eigenvalue weighted by Gasteiger charge is -2.12. The van der Waals surface area contributed by atoms with Crippen molar-refractivity contribution in [2.24, 2.45) is 0 Å². The van der Waals surface area contributed by atoms with E-state index in [1.807, 2.05) is 11.3 Å². The van der Waals surface area contributed by atoms with Gasteiger partial charge in [0.2, 0.25) is 0 Å². The van der Waals surface area contributed by atoms with Crippen molar-refractivity contribution in [3.05, 3.63) is 182 Å². The third-order valence-corrected chi connectivity index (χ3v) is 11.3. The van der Waals surface area contributed by atoms with Gasteiger partial charge in [-0.15, -0.1) is 11.3 Å². The minimum absolute atomic E-state index is 1.22. The molecule has 0 unspecified atom stereocenters. The predicted octanol–water partition coefficient (Wildman–Crippen LogP) is 14.2. The zero-order valence-corrected chi connectivity index (χ0v) is 27.5. The zero-order valence-electron chi connectivity index (χ0n) is 26.7. The largest absolute Gasteiger partial charge is 0.135 e. The molecule has 0 aliphatic rings. The van der Waals surface area contributed by atoms with Gasteiger partial charge in [-0.3, -0.25) is 0 Å². The SMILES string of the molecule is c1ccc2c(c1)ccc1cc(-c3ccc(-c4ccc(-c5ccc(-c6ccc7c8ccccc8c8ccccc8c7c6)cc5)cc4)cc3)sc12. The topological polar surface area (TPSA) is 0 Å². The molecule has 1 aromatic heterocycles. The third kappa shape index (κ3) is 4.74. The molecule has 0 amide bonds. The highest BCUT2D eigenvalue weighted by Gasteiger charge is 2.11. The van der Waals surface area contributed by atoms with Crippen LogP contribution >= 0.6 is 11.3 Å². The van der Waals surface area contributed by atoms with E-state index in [9.17, 15) is 0 Å². The quantitative estimate of drug-likeness (QED) is 0.168. The number of benzene rings is 9. The van der Waals surface area contributed by atoms with E-state index in [4.69, 9.17) is 0 Å². The minimum atomic E-state index is 1.22. The van der Waals surface area contributed by atoms with Crippen LogP contribution in [-0.2, 0) is 0 Å². The van der Waals surface area contributed by atoms with Gasteiger partial charge < -0.3 is 0 Å². The van der Waals surface area contributed by atoms with E-state index in [0.717, 1.165) is 0 Å².